The predicted octanol–water partition coefficient (Wildman–Crippen LogP) is 4.44. The second-order valence-corrected chi connectivity index (χ2v) is 10.7. The lowest BCUT2D eigenvalue weighted by molar-refractivity contribution is -0.141. The van der Waals surface area contributed by atoms with Crippen molar-refractivity contribution in [3.63, 3.8) is 0 Å². The molecule has 0 aromatic heterocycles. The van der Waals surface area contributed by atoms with Gasteiger partial charge >= 0.3 is 17.8 Å². The van der Waals surface area contributed by atoms with Gasteiger partial charge in [-0.2, -0.15) is 8.78 Å². The van der Waals surface area contributed by atoms with E-state index in [0.717, 1.165) is 31.2 Å². The van der Waals surface area contributed by atoms with Gasteiger partial charge < -0.3 is 25.8 Å². The van der Waals surface area contributed by atoms with Gasteiger partial charge in [-0.15, -0.1) is 0 Å². The van der Waals surface area contributed by atoms with E-state index < -0.39 is 89.5 Å². The van der Waals surface area contributed by atoms with Gasteiger partial charge in [0.15, 0.2) is 23.2 Å². The van der Waals surface area contributed by atoms with E-state index in [4.69, 9.17) is 0 Å². The normalized spacial score (nSPS) is 12.3. The van der Waals surface area contributed by atoms with Gasteiger partial charge in [0.2, 0.25) is 17.5 Å². The fraction of sp³-hybridized carbons (Fsp3) is 0.452. The Morgan fingerprint density at radius 2 is 1.44 bits per heavy atom. The molecular weight excluding hydrogens is 602 g/mol. The molecule has 0 aliphatic heterocycles. The van der Waals surface area contributed by atoms with Crippen molar-refractivity contribution < 1.29 is 51.4 Å². The van der Waals surface area contributed by atoms with Crippen LogP contribution in [-0.2, 0) is 30.4 Å². The van der Waals surface area contributed by atoms with E-state index in [1.54, 1.807) is 12.1 Å². The van der Waals surface area contributed by atoms with Crippen LogP contribution < -0.4 is 20.7 Å². The number of benzene rings is 2. The maximum Gasteiger partial charge on any atom is 0.313 e. The van der Waals surface area contributed by atoms with Crippen LogP contribution in [0.1, 0.15) is 64.9 Å². The van der Waals surface area contributed by atoms with E-state index in [0.29, 0.717) is 5.69 Å². The Morgan fingerprint density at radius 1 is 0.844 bits per heavy atom. The third-order valence-corrected chi connectivity index (χ3v) is 6.74. The van der Waals surface area contributed by atoms with Gasteiger partial charge in [0.1, 0.15) is 18.7 Å². The number of ether oxygens (including phenoxy) is 1. The van der Waals surface area contributed by atoms with Crippen molar-refractivity contribution in [2.75, 3.05) is 11.9 Å². The lowest BCUT2D eigenvalue weighted by Gasteiger charge is -2.24. The average molecular weight is 640 g/mol. The number of carbonyl (C=O) groups is 5. The molecule has 0 saturated heterocycles. The molecule has 0 spiro atoms. The number of anilines is 1. The molecule has 0 heterocycles. The van der Waals surface area contributed by atoms with Crippen molar-refractivity contribution in [2.45, 2.75) is 77.8 Å². The maximum atomic E-state index is 13.9. The molecule has 10 nitrogen and oxygen atoms in total. The van der Waals surface area contributed by atoms with Gasteiger partial charge in [0, 0.05) is 11.8 Å². The Labute approximate surface area is 257 Å². The van der Waals surface area contributed by atoms with Crippen LogP contribution in [0.15, 0.2) is 30.3 Å². The number of ketones is 1. The number of carboxylic acids is 1. The Balaban J connectivity index is 2.02. The van der Waals surface area contributed by atoms with E-state index >= 15 is 0 Å². The lowest BCUT2D eigenvalue weighted by Crippen LogP contribution is -2.56. The topological polar surface area (TPSA) is 151 Å². The molecule has 0 aliphatic rings. The zero-order valence-electron chi connectivity index (χ0n) is 25.2. The van der Waals surface area contributed by atoms with E-state index in [1.807, 2.05) is 12.1 Å². The van der Waals surface area contributed by atoms with Crippen molar-refractivity contribution in [3.8, 4) is 5.75 Å². The molecule has 246 valence electrons. The molecule has 45 heavy (non-hydrogen) atoms. The first-order valence-electron chi connectivity index (χ1n) is 14.5. The number of Topliss-reactive ketones (excluding diaryl/α,β-unsaturated/α-hetero) is 1. The lowest BCUT2D eigenvalue weighted by atomic mass is 10.0. The first-order chi connectivity index (χ1) is 21.2. The molecule has 2 aromatic rings. The van der Waals surface area contributed by atoms with Crippen molar-refractivity contribution in [1.29, 1.82) is 0 Å². The molecule has 4 N–H and O–H groups in total. The fourth-order valence-corrected chi connectivity index (χ4v) is 4.22. The van der Waals surface area contributed by atoms with Crippen molar-refractivity contribution in [2.24, 2.45) is 5.92 Å². The molecule has 0 aliphatic carbocycles. The van der Waals surface area contributed by atoms with Crippen LogP contribution in [0.3, 0.4) is 0 Å². The average Bonchev–Trinajstić information content (AvgIpc) is 2.98. The van der Waals surface area contributed by atoms with Crippen molar-refractivity contribution in [1.82, 2.24) is 10.6 Å². The number of nitrogens with one attached hydrogen (secondary N) is 3. The van der Waals surface area contributed by atoms with Crippen molar-refractivity contribution >= 4 is 35.2 Å². The summed E-state index contributed by atoms with van der Waals surface area (Å²) < 4.78 is 59.2. The fourth-order valence-electron chi connectivity index (χ4n) is 4.22. The first kappa shape index (κ1) is 36.7. The van der Waals surface area contributed by atoms with Crippen LogP contribution in [0, 0.1) is 29.2 Å². The Kier molecular flexibility index (Phi) is 14.4. The van der Waals surface area contributed by atoms with Crippen LogP contribution in [-0.4, -0.2) is 53.3 Å². The number of aliphatic carboxylic acids is 1. The first-order valence-corrected chi connectivity index (χ1v) is 14.5. The Morgan fingerprint density at radius 3 is 2.00 bits per heavy atom. The third-order valence-electron chi connectivity index (χ3n) is 6.74. The number of unbranched alkanes of at least 4 members (excludes halogenated alkanes) is 4. The molecule has 0 saturated carbocycles. The molecule has 0 bridgehead atoms. The Bertz CT molecular complexity index is 1340. The largest absolute Gasteiger partial charge is 0.481 e. The standard InChI is InChI=1S/C31H37F4N3O7/c1-4-5-6-7-8-9-18-10-12-19(13-11-18)36-30(43)31(44)38-27(17(2)3)29(42)37-22(15-24(40)41)23(39)16-45-28-25(34)20(32)14-21(33)26(28)35/h10-14,17,22,27H,4-9,15-16H2,1-3H3,(H,36,43)(H,37,42)(H,38,44)(H,40,41)/t22-,27-/m0/s1. The Hall–Kier alpha value is -4.49. The second-order valence-electron chi connectivity index (χ2n) is 10.7. The summed E-state index contributed by atoms with van der Waals surface area (Å²) >= 11 is 0. The number of hydrogen-bond donors (Lipinski definition) is 4. The summed E-state index contributed by atoms with van der Waals surface area (Å²) in [6, 6.07) is 3.61. The molecule has 0 unspecified atom stereocenters. The highest BCUT2D eigenvalue weighted by Crippen LogP contribution is 2.26. The van der Waals surface area contributed by atoms with E-state index in [2.05, 4.69) is 27.6 Å². The van der Waals surface area contributed by atoms with Crippen LogP contribution in [0.5, 0.6) is 5.75 Å². The minimum absolute atomic E-state index is 0.0692. The van der Waals surface area contributed by atoms with Gasteiger partial charge in [0.05, 0.1) is 6.42 Å². The van der Waals surface area contributed by atoms with Gasteiger partial charge in [-0.3, -0.25) is 24.0 Å². The number of carboxylic acid groups (broad SMARTS) is 1. The molecule has 14 heteroatoms. The van der Waals surface area contributed by atoms with Crippen molar-refractivity contribution in [3.05, 3.63) is 59.2 Å². The summed E-state index contributed by atoms with van der Waals surface area (Å²) in [7, 11) is 0. The van der Waals surface area contributed by atoms with E-state index in [9.17, 15) is 46.6 Å². The summed E-state index contributed by atoms with van der Waals surface area (Å²) in [6.07, 6.45) is 5.52. The van der Waals surface area contributed by atoms with Crippen LogP contribution >= 0.6 is 0 Å². The van der Waals surface area contributed by atoms with E-state index in [1.165, 1.54) is 26.7 Å². The smallest absolute Gasteiger partial charge is 0.313 e. The SMILES string of the molecule is CCCCCCCc1ccc(NC(=O)C(=O)N[C@H](C(=O)N[C@@H](CC(=O)O)C(=O)COc2c(F)c(F)cc(F)c2F)C(C)C)cc1. The van der Waals surface area contributed by atoms with Gasteiger partial charge in [-0.25, -0.2) is 8.78 Å². The van der Waals surface area contributed by atoms with Crippen LogP contribution in [0.4, 0.5) is 23.2 Å². The predicted molar refractivity (Wildman–Crippen MR) is 155 cm³/mol. The highest BCUT2D eigenvalue weighted by atomic mass is 19.2. The second kappa shape index (κ2) is 17.7. The molecule has 2 atom stereocenters. The molecule has 2 rings (SSSR count). The number of rotatable bonds is 17. The summed E-state index contributed by atoms with van der Waals surface area (Å²) in [4.78, 5) is 62.1. The number of aryl methyl sites for hydroxylation is 1. The number of amides is 3. The summed E-state index contributed by atoms with van der Waals surface area (Å²) in [5.41, 5.74) is 1.41. The zero-order chi connectivity index (χ0) is 33.7. The van der Waals surface area contributed by atoms with Crippen LogP contribution in [0.2, 0.25) is 0 Å². The molecular formula is C31H37F4N3O7. The minimum Gasteiger partial charge on any atom is -0.481 e. The molecule has 3 amide bonds. The highest BCUT2D eigenvalue weighted by molar-refractivity contribution is 6.40. The van der Waals surface area contributed by atoms with E-state index in [-0.39, 0.29) is 6.07 Å². The third kappa shape index (κ3) is 11.5. The number of carbonyl (C=O) groups excluding carboxylic acids is 4. The summed E-state index contributed by atoms with van der Waals surface area (Å²) in [5, 5.41) is 16.0. The number of hydrogen-bond acceptors (Lipinski definition) is 6. The summed E-state index contributed by atoms with van der Waals surface area (Å²) in [5.74, 6) is -15.7. The highest BCUT2D eigenvalue weighted by Gasteiger charge is 2.32. The quantitative estimate of drug-likeness (QED) is 0.0865. The zero-order valence-corrected chi connectivity index (χ0v) is 25.2. The minimum atomic E-state index is -1.92. The molecule has 2 aromatic carbocycles. The molecule has 0 fully saturated rings. The van der Waals surface area contributed by atoms with Gasteiger partial charge in [-0.05, 0) is 36.5 Å². The number of halogens is 4. The van der Waals surface area contributed by atoms with Gasteiger partial charge in [-0.1, -0.05) is 58.6 Å². The monoisotopic (exact) mass is 639 g/mol. The van der Waals surface area contributed by atoms with Gasteiger partial charge in [0.25, 0.3) is 0 Å². The van der Waals surface area contributed by atoms with Crippen LogP contribution in [0.25, 0.3) is 0 Å². The molecule has 0 radical (unpaired) electrons. The maximum absolute atomic E-state index is 13.9. The summed E-state index contributed by atoms with van der Waals surface area (Å²) in [6.45, 7) is 3.88.